The number of benzene rings is 1. The Balaban J connectivity index is 2.09. The second-order valence-corrected chi connectivity index (χ2v) is 5.66. The molecule has 94 valence electrons. The first kappa shape index (κ1) is 12.9. The van der Waals surface area contributed by atoms with Gasteiger partial charge in [-0.3, -0.25) is 0 Å². The minimum Gasteiger partial charge on any atom is -0.324 e. The lowest BCUT2D eigenvalue weighted by molar-refractivity contribution is 0.433. The Bertz CT molecular complexity index is 367. The predicted molar refractivity (Wildman–Crippen MR) is 76.3 cm³/mol. The van der Waals surface area contributed by atoms with Gasteiger partial charge >= 0.3 is 0 Å². The first-order valence-corrected chi connectivity index (χ1v) is 7.75. The number of thioether (sulfide) groups is 1. The van der Waals surface area contributed by atoms with Gasteiger partial charge in [-0.2, -0.15) is 11.8 Å². The highest BCUT2D eigenvalue weighted by Gasteiger charge is 2.29. The van der Waals surface area contributed by atoms with Crippen molar-refractivity contribution in [1.82, 2.24) is 5.32 Å². The summed E-state index contributed by atoms with van der Waals surface area (Å²) in [6.45, 7) is 2.24. The molecule has 0 saturated carbocycles. The van der Waals surface area contributed by atoms with Crippen LogP contribution < -0.4 is 11.1 Å². The van der Waals surface area contributed by atoms with Gasteiger partial charge < -0.3 is 11.1 Å². The van der Waals surface area contributed by atoms with E-state index in [0.29, 0.717) is 12.1 Å². The number of hydrogen-bond acceptors (Lipinski definition) is 3. The van der Waals surface area contributed by atoms with Crippen LogP contribution in [0.5, 0.6) is 0 Å². The highest BCUT2D eigenvalue weighted by molar-refractivity contribution is 7.98. The number of fused-ring (bicyclic) bond motifs is 1. The van der Waals surface area contributed by atoms with Gasteiger partial charge in [0, 0.05) is 23.9 Å². The second-order valence-electron chi connectivity index (χ2n) is 4.75. The topological polar surface area (TPSA) is 38.0 Å². The van der Waals surface area contributed by atoms with Gasteiger partial charge in [-0.1, -0.05) is 31.2 Å². The molecule has 1 aliphatic rings. The van der Waals surface area contributed by atoms with E-state index in [1.807, 2.05) is 11.8 Å². The van der Waals surface area contributed by atoms with E-state index >= 15 is 0 Å². The third kappa shape index (κ3) is 2.84. The molecule has 3 atom stereocenters. The molecule has 0 aromatic heterocycles. The highest BCUT2D eigenvalue weighted by atomic mass is 32.2. The van der Waals surface area contributed by atoms with E-state index in [0.717, 1.165) is 6.42 Å². The van der Waals surface area contributed by atoms with E-state index in [-0.39, 0.29) is 6.04 Å². The Morgan fingerprint density at radius 2 is 2.12 bits per heavy atom. The fourth-order valence-electron chi connectivity index (χ4n) is 2.60. The standard InChI is InChI=1S/C14H22N2S/c1-3-10(9-17-2)16-14-8-13(15)11-6-4-5-7-12(11)14/h4-7,10,13-14,16H,3,8-9,15H2,1-2H3. The summed E-state index contributed by atoms with van der Waals surface area (Å²) in [5.74, 6) is 1.17. The van der Waals surface area contributed by atoms with Crippen LogP contribution in [-0.4, -0.2) is 18.1 Å². The molecule has 0 fully saturated rings. The van der Waals surface area contributed by atoms with Crippen molar-refractivity contribution < 1.29 is 0 Å². The minimum absolute atomic E-state index is 0.204. The molecule has 0 amide bonds. The SMILES string of the molecule is CCC(CSC)NC1CC(N)c2ccccc21. The van der Waals surface area contributed by atoms with Crippen molar-refractivity contribution in [3.63, 3.8) is 0 Å². The molecule has 0 bridgehead atoms. The zero-order valence-corrected chi connectivity index (χ0v) is 11.5. The second kappa shape index (κ2) is 5.89. The molecule has 17 heavy (non-hydrogen) atoms. The van der Waals surface area contributed by atoms with Crippen LogP contribution in [0.4, 0.5) is 0 Å². The number of nitrogens with one attached hydrogen (secondary N) is 1. The molecular formula is C14H22N2S. The zero-order valence-electron chi connectivity index (χ0n) is 10.6. The molecule has 3 N–H and O–H groups in total. The van der Waals surface area contributed by atoms with Crippen molar-refractivity contribution in [3.05, 3.63) is 35.4 Å². The molecular weight excluding hydrogens is 228 g/mol. The largest absolute Gasteiger partial charge is 0.324 e. The quantitative estimate of drug-likeness (QED) is 0.844. The van der Waals surface area contributed by atoms with Gasteiger partial charge in [-0.15, -0.1) is 0 Å². The lowest BCUT2D eigenvalue weighted by atomic mass is 10.1. The molecule has 0 saturated heterocycles. The van der Waals surface area contributed by atoms with Gasteiger partial charge in [0.2, 0.25) is 0 Å². The van der Waals surface area contributed by atoms with Crippen LogP contribution in [0.3, 0.4) is 0 Å². The zero-order chi connectivity index (χ0) is 12.3. The summed E-state index contributed by atoms with van der Waals surface area (Å²) in [6, 6.07) is 9.81. The van der Waals surface area contributed by atoms with Gasteiger partial charge in [0.25, 0.3) is 0 Å². The maximum Gasteiger partial charge on any atom is 0.0344 e. The van der Waals surface area contributed by atoms with Crippen molar-refractivity contribution >= 4 is 11.8 Å². The van der Waals surface area contributed by atoms with Crippen molar-refractivity contribution in [2.75, 3.05) is 12.0 Å². The van der Waals surface area contributed by atoms with Crippen LogP contribution in [0.25, 0.3) is 0 Å². The van der Waals surface area contributed by atoms with Crippen LogP contribution >= 0.6 is 11.8 Å². The van der Waals surface area contributed by atoms with E-state index in [9.17, 15) is 0 Å². The smallest absolute Gasteiger partial charge is 0.0344 e. The van der Waals surface area contributed by atoms with Gasteiger partial charge in [0.05, 0.1) is 0 Å². The van der Waals surface area contributed by atoms with Crippen molar-refractivity contribution in [2.24, 2.45) is 5.73 Å². The average molecular weight is 250 g/mol. The fourth-order valence-corrected chi connectivity index (χ4v) is 3.34. The third-order valence-corrected chi connectivity index (χ3v) is 4.29. The maximum atomic E-state index is 6.18. The normalized spacial score (nSPS) is 24.6. The Kier molecular flexibility index (Phi) is 4.48. The van der Waals surface area contributed by atoms with Crippen molar-refractivity contribution in [1.29, 1.82) is 0 Å². The highest BCUT2D eigenvalue weighted by Crippen LogP contribution is 2.37. The lowest BCUT2D eigenvalue weighted by Crippen LogP contribution is -2.33. The summed E-state index contributed by atoms with van der Waals surface area (Å²) in [7, 11) is 0. The Labute approximate surface area is 108 Å². The molecule has 1 aliphatic carbocycles. The first-order chi connectivity index (χ1) is 8.26. The lowest BCUT2D eigenvalue weighted by Gasteiger charge is -2.22. The first-order valence-electron chi connectivity index (χ1n) is 6.35. The molecule has 2 nitrogen and oxygen atoms in total. The number of rotatable bonds is 5. The third-order valence-electron chi connectivity index (χ3n) is 3.56. The monoisotopic (exact) mass is 250 g/mol. The van der Waals surface area contributed by atoms with Gasteiger partial charge in [0.1, 0.15) is 0 Å². The molecule has 3 heteroatoms. The van der Waals surface area contributed by atoms with Crippen LogP contribution in [-0.2, 0) is 0 Å². The summed E-state index contributed by atoms with van der Waals surface area (Å²) < 4.78 is 0. The van der Waals surface area contributed by atoms with E-state index in [4.69, 9.17) is 5.73 Å². The summed E-state index contributed by atoms with van der Waals surface area (Å²) in [5.41, 5.74) is 8.91. The van der Waals surface area contributed by atoms with Gasteiger partial charge in [-0.25, -0.2) is 0 Å². The predicted octanol–water partition coefficient (Wildman–Crippen LogP) is 2.86. The van der Waals surface area contributed by atoms with E-state index < -0.39 is 0 Å². The molecule has 1 aromatic carbocycles. The molecule has 0 radical (unpaired) electrons. The molecule has 1 aromatic rings. The van der Waals surface area contributed by atoms with E-state index in [1.54, 1.807) is 0 Å². The molecule has 2 rings (SSSR count). The summed E-state index contributed by atoms with van der Waals surface area (Å²) in [5, 5.41) is 3.75. The van der Waals surface area contributed by atoms with E-state index in [2.05, 4.69) is 42.8 Å². The van der Waals surface area contributed by atoms with Crippen LogP contribution in [0, 0.1) is 0 Å². The van der Waals surface area contributed by atoms with Gasteiger partial charge in [0.15, 0.2) is 0 Å². The molecule has 0 heterocycles. The Hall–Kier alpha value is -0.510. The molecule has 0 spiro atoms. The maximum absolute atomic E-state index is 6.18. The van der Waals surface area contributed by atoms with Crippen LogP contribution in [0.15, 0.2) is 24.3 Å². The van der Waals surface area contributed by atoms with Gasteiger partial charge in [-0.05, 0) is 30.2 Å². The Morgan fingerprint density at radius 1 is 1.41 bits per heavy atom. The number of nitrogens with two attached hydrogens (primary N) is 1. The van der Waals surface area contributed by atoms with E-state index in [1.165, 1.54) is 23.3 Å². The Morgan fingerprint density at radius 3 is 2.76 bits per heavy atom. The number of hydrogen-bond donors (Lipinski definition) is 2. The van der Waals surface area contributed by atoms with Crippen molar-refractivity contribution in [2.45, 2.75) is 37.9 Å². The van der Waals surface area contributed by atoms with Crippen LogP contribution in [0.2, 0.25) is 0 Å². The molecule has 0 aliphatic heterocycles. The fraction of sp³-hybridized carbons (Fsp3) is 0.571. The minimum atomic E-state index is 0.204. The summed E-state index contributed by atoms with van der Waals surface area (Å²) in [6.07, 6.45) is 4.37. The summed E-state index contributed by atoms with van der Waals surface area (Å²) in [4.78, 5) is 0. The molecule has 3 unspecified atom stereocenters. The van der Waals surface area contributed by atoms with Crippen molar-refractivity contribution in [3.8, 4) is 0 Å². The van der Waals surface area contributed by atoms with Crippen LogP contribution in [0.1, 0.15) is 43.0 Å². The average Bonchev–Trinajstić information content (AvgIpc) is 2.66. The summed E-state index contributed by atoms with van der Waals surface area (Å²) >= 11 is 1.91.